The lowest BCUT2D eigenvalue weighted by molar-refractivity contribution is 0.565. The summed E-state index contributed by atoms with van der Waals surface area (Å²) in [6.45, 7) is 4.40. The number of halogens is 1. The molecule has 2 aromatic rings. The molecule has 0 radical (unpaired) electrons. The highest BCUT2D eigenvalue weighted by Gasteiger charge is 2.10. The molecule has 2 rings (SSSR count). The van der Waals surface area contributed by atoms with Gasteiger partial charge >= 0.3 is 0 Å². The van der Waals surface area contributed by atoms with E-state index in [2.05, 4.69) is 16.4 Å². The molecule has 1 aromatic carbocycles. The van der Waals surface area contributed by atoms with E-state index >= 15 is 0 Å². The Labute approximate surface area is 115 Å². The van der Waals surface area contributed by atoms with E-state index < -0.39 is 0 Å². The zero-order chi connectivity index (χ0) is 13.8. The molecule has 0 saturated heterocycles. The number of thiazole rings is 1. The van der Waals surface area contributed by atoms with Crippen molar-refractivity contribution in [1.82, 2.24) is 10.3 Å². The summed E-state index contributed by atoms with van der Waals surface area (Å²) >= 11 is 1.59. The number of hydrogen-bond donors (Lipinski definition) is 1. The number of aromatic nitrogens is 1. The molecule has 1 aromatic heterocycles. The Bertz CT molecular complexity index is 615. The van der Waals surface area contributed by atoms with Crippen molar-refractivity contribution < 1.29 is 4.39 Å². The summed E-state index contributed by atoms with van der Waals surface area (Å²) in [4.78, 5) is 4.40. The molecule has 3 nitrogen and oxygen atoms in total. The number of nitrogens with one attached hydrogen (secondary N) is 1. The summed E-state index contributed by atoms with van der Waals surface area (Å²) in [5, 5.41) is 15.2. The van der Waals surface area contributed by atoms with Crippen LogP contribution in [0.1, 0.15) is 34.8 Å². The van der Waals surface area contributed by atoms with E-state index in [-0.39, 0.29) is 11.9 Å². The molecular formula is C14H14FN3S. The average Bonchev–Trinajstić information content (AvgIpc) is 2.83. The van der Waals surface area contributed by atoms with E-state index in [4.69, 9.17) is 5.26 Å². The van der Waals surface area contributed by atoms with Gasteiger partial charge in [-0.2, -0.15) is 5.26 Å². The Hall–Kier alpha value is -1.77. The van der Waals surface area contributed by atoms with E-state index in [1.165, 1.54) is 18.2 Å². The van der Waals surface area contributed by atoms with Crippen LogP contribution in [-0.2, 0) is 6.54 Å². The zero-order valence-electron chi connectivity index (χ0n) is 10.8. The summed E-state index contributed by atoms with van der Waals surface area (Å²) in [5.74, 6) is -0.325. The molecule has 0 aliphatic rings. The van der Waals surface area contributed by atoms with Gasteiger partial charge in [-0.25, -0.2) is 9.37 Å². The van der Waals surface area contributed by atoms with E-state index in [0.717, 1.165) is 10.7 Å². The fraction of sp³-hybridized carbons (Fsp3) is 0.286. The van der Waals surface area contributed by atoms with Gasteiger partial charge in [0.15, 0.2) is 0 Å². The number of rotatable bonds is 4. The summed E-state index contributed by atoms with van der Waals surface area (Å²) in [7, 11) is 0. The van der Waals surface area contributed by atoms with Crippen molar-refractivity contribution in [3.05, 3.63) is 51.2 Å². The molecule has 1 atom stereocenters. The molecule has 98 valence electrons. The maximum absolute atomic E-state index is 13.2. The van der Waals surface area contributed by atoms with E-state index in [1.54, 1.807) is 11.3 Å². The first kappa shape index (κ1) is 13.7. The van der Waals surface area contributed by atoms with E-state index in [0.29, 0.717) is 17.7 Å². The summed E-state index contributed by atoms with van der Waals surface area (Å²) in [5.41, 5.74) is 2.16. The Kier molecular flexibility index (Phi) is 4.25. The third-order valence-corrected chi connectivity index (χ3v) is 3.94. The third kappa shape index (κ3) is 3.37. The van der Waals surface area contributed by atoms with Crippen molar-refractivity contribution in [3.63, 3.8) is 0 Å². The van der Waals surface area contributed by atoms with Crippen molar-refractivity contribution in [2.45, 2.75) is 26.4 Å². The van der Waals surface area contributed by atoms with Crippen LogP contribution in [0.25, 0.3) is 0 Å². The molecular weight excluding hydrogens is 261 g/mol. The first-order valence-electron chi connectivity index (χ1n) is 5.94. The predicted molar refractivity (Wildman–Crippen MR) is 73.2 cm³/mol. The van der Waals surface area contributed by atoms with Crippen molar-refractivity contribution in [2.75, 3.05) is 0 Å². The molecule has 19 heavy (non-hydrogen) atoms. The maximum Gasteiger partial charge on any atom is 0.123 e. The van der Waals surface area contributed by atoms with Gasteiger partial charge < -0.3 is 5.32 Å². The van der Waals surface area contributed by atoms with Gasteiger partial charge in [0.2, 0.25) is 0 Å². The van der Waals surface area contributed by atoms with Crippen LogP contribution in [0.5, 0.6) is 0 Å². The fourth-order valence-corrected chi connectivity index (χ4v) is 2.57. The number of aryl methyl sites for hydroxylation is 1. The smallest absolute Gasteiger partial charge is 0.123 e. The summed E-state index contributed by atoms with van der Waals surface area (Å²) in [6, 6.07) is 6.35. The van der Waals surface area contributed by atoms with E-state index in [9.17, 15) is 4.39 Å². The van der Waals surface area contributed by atoms with Crippen molar-refractivity contribution >= 4 is 11.3 Å². The van der Waals surface area contributed by atoms with Crippen LogP contribution >= 0.6 is 11.3 Å². The third-order valence-electron chi connectivity index (χ3n) is 2.79. The second-order valence-corrected chi connectivity index (χ2v) is 5.23. The summed E-state index contributed by atoms with van der Waals surface area (Å²) in [6.07, 6.45) is 0. The Morgan fingerprint density at radius 1 is 1.53 bits per heavy atom. The number of benzene rings is 1. The van der Waals surface area contributed by atoms with Crippen LogP contribution in [0.15, 0.2) is 23.6 Å². The molecule has 0 aliphatic heterocycles. The monoisotopic (exact) mass is 275 g/mol. The first-order valence-corrected chi connectivity index (χ1v) is 6.82. The van der Waals surface area contributed by atoms with Crippen molar-refractivity contribution in [3.8, 4) is 6.07 Å². The minimum atomic E-state index is -0.325. The molecule has 0 spiro atoms. The predicted octanol–water partition coefficient (Wildman–Crippen LogP) is 3.31. The highest BCUT2D eigenvalue weighted by atomic mass is 32.1. The average molecular weight is 275 g/mol. The topological polar surface area (TPSA) is 48.7 Å². The highest BCUT2D eigenvalue weighted by molar-refractivity contribution is 7.09. The van der Waals surface area contributed by atoms with Gasteiger partial charge in [-0.15, -0.1) is 11.3 Å². The molecule has 0 fully saturated rings. The maximum atomic E-state index is 13.2. The van der Waals surface area contributed by atoms with Gasteiger partial charge in [-0.05, 0) is 37.6 Å². The van der Waals surface area contributed by atoms with Gasteiger partial charge in [0, 0.05) is 17.6 Å². The van der Waals surface area contributed by atoms with Crippen LogP contribution in [0.4, 0.5) is 4.39 Å². The van der Waals surface area contributed by atoms with E-state index in [1.807, 2.05) is 19.2 Å². The Balaban J connectivity index is 2.06. The number of nitrogens with zero attached hydrogens (tertiary/aromatic N) is 2. The van der Waals surface area contributed by atoms with Crippen LogP contribution in [0.2, 0.25) is 0 Å². The highest BCUT2D eigenvalue weighted by Crippen LogP contribution is 2.18. The van der Waals surface area contributed by atoms with Crippen molar-refractivity contribution in [1.29, 1.82) is 5.26 Å². The fourth-order valence-electron chi connectivity index (χ4n) is 1.74. The number of nitriles is 1. The van der Waals surface area contributed by atoms with Gasteiger partial charge in [-0.3, -0.25) is 0 Å². The number of hydrogen-bond acceptors (Lipinski definition) is 4. The van der Waals surface area contributed by atoms with Crippen LogP contribution in [-0.4, -0.2) is 4.98 Å². The van der Waals surface area contributed by atoms with Crippen LogP contribution in [0, 0.1) is 24.1 Å². The molecule has 0 amide bonds. The lowest BCUT2D eigenvalue weighted by Crippen LogP contribution is -2.18. The second-order valence-electron chi connectivity index (χ2n) is 4.34. The standard InChI is InChI=1S/C14H14FN3S/c1-9-8-19-14(18-9)10(2)17-7-12-5-13(15)4-3-11(12)6-16/h3-5,8,10,17H,7H2,1-2H3. The second kappa shape index (κ2) is 5.91. The quantitative estimate of drug-likeness (QED) is 0.931. The molecule has 5 heteroatoms. The minimum absolute atomic E-state index is 0.0773. The van der Waals surface area contributed by atoms with Crippen LogP contribution in [0.3, 0.4) is 0 Å². The Morgan fingerprint density at radius 2 is 2.32 bits per heavy atom. The van der Waals surface area contributed by atoms with Crippen molar-refractivity contribution in [2.24, 2.45) is 0 Å². The zero-order valence-corrected chi connectivity index (χ0v) is 11.6. The summed E-state index contributed by atoms with van der Waals surface area (Å²) < 4.78 is 13.2. The Morgan fingerprint density at radius 3 is 2.95 bits per heavy atom. The largest absolute Gasteiger partial charge is 0.304 e. The normalized spacial score (nSPS) is 12.1. The molecule has 1 N–H and O–H groups in total. The molecule has 0 aliphatic carbocycles. The minimum Gasteiger partial charge on any atom is -0.304 e. The van der Waals surface area contributed by atoms with Gasteiger partial charge in [0.1, 0.15) is 10.8 Å². The first-order chi connectivity index (χ1) is 9.10. The van der Waals surface area contributed by atoms with Gasteiger partial charge in [-0.1, -0.05) is 0 Å². The molecule has 1 unspecified atom stereocenters. The lowest BCUT2D eigenvalue weighted by Gasteiger charge is -2.12. The SMILES string of the molecule is Cc1csc(C(C)NCc2cc(F)ccc2C#N)n1. The van der Waals surface area contributed by atoms with Gasteiger partial charge in [0.05, 0.1) is 17.7 Å². The lowest BCUT2D eigenvalue weighted by atomic mass is 10.1. The van der Waals surface area contributed by atoms with Gasteiger partial charge in [0.25, 0.3) is 0 Å². The molecule has 0 bridgehead atoms. The van der Waals surface area contributed by atoms with Crippen LogP contribution < -0.4 is 5.32 Å². The molecule has 1 heterocycles. The molecule has 0 saturated carbocycles.